The average molecular weight is 313 g/mol. The molecule has 0 spiro atoms. The third kappa shape index (κ3) is 4.34. The van der Waals surface area contributed by atoms with Gasteiger partial charge in [0.1, 0.15) is 11.6 Å². The van der Waals surface area contributed by atoms with Crippen LogP contribution in [0, 0.1) is 6.92 Å². The zero-order valence-corrected chi connectivity index (χ0v) is 13.5. The van der Waals surface area contributed by atoms with Crippen LogP contribution < -0.4 is 10.1 Å². The van der Waals surface area contributed by atoms with E-state index in [2.05, 4.69) is 14.9 Å². The summed E-state index contributed by atoms with van der Waals surface area (Å²) in [5.74, 6) is 2.07. The van der Waals surface area contributed by atoms with E-state index in [1.54, 1.807) is 0 Å². The Morgan fingerprint density at radius 1 is 1.39 bits per heavy atom. The number of amides is 1. The van der Waals surface area contributed by atoms with Crippen LogP contribution in [0.15, 0.2) is 36.7 Å². The molecule has 1 aromatic carbocycles. The van der Waals surface area contributed by atoms with E-state index in [9.17, 15) is 4.79 Å². The fourth-order valence-electron chi connectivity index (χ4n) is 2.84. The highest BCUT2D eigenvalue weighted by Gasteiger charge is 2.19. The van der Waals surface area contributed by atoms with Gasteiger partial charge in [-0.15, -0.1) is 0 Å². The molecule has 0 radical (unpaired) electrons. The first-order chi connectivity index (χ1) is 11.2. The Morgan fingerprint density at radius 3 is 3.04 bits per heavy atom. The van der Waals surface area contributed by atoms with Crippen molar-refractivity contribution in [2.45, 2.75) is 45.2 Å². The Balaban J connectivity index is 1.35. The van der Waals surface area contributed by atoms with Crippen LogP contribution in [0.1, 0.15) is 30.7 Å². The smallest absolute Gasteiger partial charge is 0.220 e. The van der Waals surface area contributed by atoms with E-state index >= 15 is 0 Å². The number of carbonyl (C=O) groups excluding carboxylic acids is 1. The van der Waals surface area contributed by atoms with Gasteiger partial charge in [-0.05, 0) is 31.9 Å². The molecule has 3 rings (SSSR count). The minimum atomic E-state index is 0.103. The number of fused-ring (bicyclic) bond motifs is 1. The predicted octanol–water partition coefficient (Wildman–Crippen LogP) is 2.48. The van der Waals surface area contributed by atoms with E-state index in [4.69, 9.17) is 4.74 Å². The van der Waals surface area contributed by atoms with E-state index in [1.165, 1.54) is 5.56 Å². The molecule has 1 N–H and O–H groups in total. The summed E-state index contributed by atoms with van der Waals surface area (Å²) in [5, 5.41) is 3.11. The van der Waals surface area contributed by atoms with Crippen molar-refractivity contribution in [3.63, 3.8) is 0 Å². The molecular weight excluding hydrogens is 290 g/mol. The zero-order valence-electron chi connectivity index (χ0n) is 13.5. The van der Waals surface area contributed by atoms with Gasteiger partial charge in [-0.3, -0.25) is 4.79 Å². The van der Waals surface area contributed by atoms with E-state index in [0.717, 1.165) is 37.4 Å². The lowest BCUT2D eigenvalue weighted by Gasteiger charge is -2.24. The number of hydrogen-bond acceptors (Lipinski definition) is 3. The Morgan fingerprint density at radius 2 is 2.22 bits per heavy atom. The summed E-state index contributed by atoms with van der Waals surface area (Å²) in [6, 6.07) is 8.17. The van der Waals surface area contributed by atoms with Gasteiger partial charge in [0.25, 0.3) is 0 Å². The summed E-state index contributed by atoms with van der Waals surface area (Å²) in [7, 11) is 0. The highest BCUT2D eigenvalue weighted by atomic mass is 16.5. The van der Waals surface area contributed by atoms with Crippen LogP contribution in [-0.4, -0.2) is 28.1 Å². The molecule has 1 atom stereocenters. The Bertz CT molecular complexity index is 649. The lowest BCUT2D eigenvalue weighted by atomic mass is 10.1. The number of nitrogens with zero attached hydrogens (tertiary/aromatic N) is 2. The van der Waals surface area contributed by atoms with Crippen LogP contribution in [0.3, 0.4) is 0 Å². The van der Waals surface area contributed by atoms with Crippen LogP contribution in [0.5, 0.6) is 5.75 Å². The van der Waals surface area contributed by atoms with Gasteiger partial charge in [-0.1, -0.05) is 17.7 Å². The summed E-state index contributed by atoms with van der Waals surface area (Å²) >= 11 is 0. The summed E-state index contributed by atoms with van der Waals surface area (Å²) in [4.78, 5) is 16.3. The SMILES string of the molecule is Cc1ccc(OCCCC(=O)N[C@@H]2CCc3nccn3C2)cc1. The van der Waals surface area contributed by atoms with Crippen molar-refractivity contribution < 1.29 is 9.53 Å². The fraction of sp³-hybridized carbons (Fsp3) is 0.444. The van der Waals surface area contributed by atoms with Crippen LogP contribution in [0.2, 0.25) is 0 Å². The molecule has 122 valence electrons. The van der Waals surface area contributed by atoms with Gasteiger partial charge in [0, 0.05) is 37.8 Å². The number of imidazole rings is 1. The summed E-state index contributed by atoms with van der Waals surface area (Å²) in [6.45, 7) is 3.43. The third-order valence-corrected chi connectivity index (χ3v) is 4.14. The maximum atomic E-state index is 12.0. The quantitative estimate of drug-likeness (QED) is 0.834. The lowest BCUT2D eigenvalue weighted by Crippen LogP contribution is -2.40. The van der Waals surface area contributed by atoms with Crippen molar-refractivity contribution in [2.24, 2.45) is 0 Å². The molecule has 23 heavy (non-hydrogen) atoms. The topological polar surface area (TPSA) is 56.1 Å². The molecular formula is C18H23N3O2. The van der Waals surface area contributed by atoms with Gasteiger partial charge in [-0.25, -0.2) is 4.98 Å². The second-order valence-electron chi connectivity index (χ2n) is 6.06. The Labute approximate surface area is 136 Å². The number of hydrogen-bond donors (Lipinski definition) is 1. The van der Waals surface area contributed by atoms with Gasteiger partial charge < -0.3 is 14.6 Å². The van der Waals surface area contributed by atoms with E-state index in [-0.39, 0.29) is 11.9 Å². The van der Waals surface area contributed by atoms with Crippen LogP contribution in [0.4, 0.5) is 0 Å². The molecule has 1 aliphatic rings. The van der Waals surface area contributed by atoms with E-state index < -0.39 is 0 Å². The van der Waals surface area contributed by atoms with Crippen LogP contribution in [0.25, 0.3) is 0 Å². The van der Waals surface area contributed by atoms with Crippen molar-refractivity contribution in [3.8, 4) is 5.75 Å². The molecule has 0 saturated carbocycles. The molecule has 5 heteroatoms. The second-order valence-corrected chi connectivity index (χ2v) is 6.06. The number of benzene rings is 1. The van der Waals surface area contributed by atoms with Crippen LogP contribution >= 0.6 is 0 Å². The number of ether oxygens (including phenoxy) is 1. The number of aryl methyl sites for hydroxylation is 2. The average Bonchev–Trinajstić information content (AvgIpc) is 3.01. The summed E-state index contributed by atoms with van der Waals surface area (Å²) in [5.41, 5.74) is 1.21. The van der Waals surface area contributed by atoms with Gasteiger partial charge in [0.2, 0.25) is 5.91 Å². The standard InChI is InChI=1S/C18H23N3O2/c1-14-4-7-16(8-5-14)23-12-2-3-18(22)20-15-6-9-17-19-10-11-21(17)13-15/h4-5,7-8,10-11,15H,2-3,6,9,12-13H2,1H3,(H,20,22)/t15-/m1/s1. The van der Waals surface area contributed by atoms with E-state index in [1.807, 2.05) is 43.6 Å². The molecule has 0 bridgehead atoms. The van der Waals surface area contributed by atoms with Gasteiger partial charge in [0.05, 0.1) is 6.61 Å². The van der Waals surface area contributed by atoms with Gasteiger partial charge in [0.15, 0.2) is 0 Å². The minimum Gasteiger partial charge on any atom is -0.494 e. The maximum absolute atomic E-state index is 12.0. The molecule has 2 heterocycles. The van der Waals surface area contributed by atoms with Gasteiger partial charge >= 0.3 is 0 Å². The van der Waals surface area contributed by atoms with Crippen LogP contribution in [-0.2, 0) is 17.8 Å². The van der Waals surface area contributed by atoms with Crippen molar-refractivity contribution in [1.82, 2.24) is 14.9 Å². The zero-order chi connectivity index (χ0) is 16.1. The Kier molecular flexibility index (Phi) is 4.95. The first-order valence-corrected chi connectivity index (χ1v) is 8.19. The van der Waals surface area contributed by atoms with Crippen molar-refractivity contribution >= 4 is 5.91 Å². The highest BCUT2D eigenvalue weighted by molar-refractivity contribution is 5.76. The van der Waals surface area contributed by atoms with Crippen molar-refractivity contribution in [1.29, 1.82) is 0 Å². The lowest BCUT2D eigenvalue weighted by molar-refractivity contribution is -0.122. The molecule has 5 nitrogen and oxygen atoms in total. The minimum absolute atomic E-state index is 0.103. The predicted molar refractivity (Wildman–Crippen MR) is 88.4 cm³/mol. The first-order valence-electron chi connectivity index (χ1n) is 8.19. The molecule has 1 aromatic heterocycles. The van der Waals surface area contributed by atoms with Crippen molar-refractivity contribution in [3.05, 3.63) is 48.0 Å². The van der Waals surface area contributed by atoms with Gasteiger partial charge in [-0.2, -0.15) is 0 Å². The molecule has 0 aliphatic carbocycles. The number of aromatic nitrogens is 2. The van der Waals surface area contributed by atoms with E-state index in [0.29, 0.717) is 13.0 Å². The molecule has 0 saturated heterocycles. The van der Waals surface area contributed by atoms with Crippen molar-refractivity contribution in [2.75, 3.05) is 6.61 Å². The number of nitrogens with one attached hydrogen (secondary N) is 1. The maximum Gasteiger partial charge on any atom is 0.220 e. The molecule has 2 aromatic rings. The molecule has 0 fully saturated rings. The fourth-order valence-corrected chi connectivity index (χ4v) is 2.84. The molecule has 1 aliphatic heterocycles. The third-order valence-electron chi connectivity index (χ3n) is 4.14. The monoisotopic (exact) mass is 313 g/mol. The summed E-state index contributed by atoms with van der Waals surface area (Å²) < 4.78 is 7.77. The normalized spacial score (nSPS) is 16.7. The molecule has 1 amide bonds. The Hall–Kier alpha value is -2.30. The first kappa shape index (κ1) is 15.6. The molecule has 0 unspecified atom stereocenters. The summed E-state index contributed by atoms with van der Waals surface area (Å²) in [6.07, 6.45) is 6.91. The number of carbonyl (C=O) groups is 1. The largest absolute Gasteiger partial charge is 0.494 e. The number of rotatable bonds is 6. The highest BCUT2D eigenvalue weighted by Crippen LogP contribution is 2.14. The second kappa shape index (κ2) is 7.31.